The predicted octanol–water partition coefficient (Wildman–Crippen LogP) is 4.61. The van der Waals surface area contributed by atoms with Crippen LogP contribution in [0.25, 0.3) is 0 Å². The Morgan fingerprint density at radius 2 is 1.84 bits per heavy atom. The van der Waals surface area contributed by atoms with Crippen LogP contribution in [0, 0.1) is 5.82 Å². The minimum Gasteiger partial charge on any atom is -0.485 e. The average molecular weight is 388 g/mol. The molecule has 0 saturated heterocycles. The van der Waals surface area contributed by atoms with Crippen molar-refractivity contribution in [1.29, 1.82) is 0 Å². The van der Waals surface area contributed by atoms with Crippen molar-refractivity contribution in [3.05, 3.63) is 62.8 Å². The van der Waals surface area contributed by atoms with E-state index in [2.05, 4.69) is 31.9 Å². The quantitative estimate of drug-likeness (QED) is 0.716. The van der Waals surface area contributed by atoms with Crippen LogP contribution in [0.1, 0.15) is 10.4 Å². The summed E-state index contributed by atoms with van der Waals surface area (Å²) in [6.45, 7) is -0.135. The Morgan fingerprint density at radius 3 is 2.53 bits per heavy atom. The summed E-state index contributed by atoms with van der Waals surface area (Å²) in [5.41, 5.74) is 0.542. The Kier molecular flexibility index (Phi) is 4.71. The molecule has 0 atom stereocenters. The van der Waals surface area contributed by atoms with Crippen LogP contribution in [0.3, 0.4) is 0 Å². The number of rotatable bonds is 4. The zero-order valence-electron chi connectivity index (χ0n) is 9.70. The summed E-state index contributed by atoms with van der Waals surface area (Å²) < 4.78 is 19.6. The number of Topliss-reactive ketones (excluding diaryl/α,β-unsaturated/α-hetero) is 1. The molecule has 0 N–H and O–H groups in total. The maximum atomic E-state index is 13.3. The number of hydrogen-bond donors (Lipinski definition) is 0. The van der Waals surface area contributed by atoms with E-state index in [-0.39, 0.29) is 12.4 Å². The van der Waals surface area contributed by atoms with Gasteiger partial charge in [-0.05, 0) is 34.1 Å². The smallest absolute Gasteiger partial charge is 0.201 e. The summed E-state index contributed by atoms with van der Waals surface area (Å²) in [5, 5.41) is 0. The first-order chi connectivity index (χ1) is 9.08. The van der Waals surface area contributed by atoms with Gasteiger partial charge in [0, 0.05) is 16.1 Å². The van der Waals surface area contributed by atoms with Crippen molar-refractivity contribution in [3.63, 3.8) is 0 Å². The predicted molar refractivity (Wildman–Crippen MR) is 78.1 cm³/mol. The summed E-state index contributed by atoms with van der Waals surface area (Å²) in [5.74, 6) is -0.275. The van der Waals surface area contributed by atoms with E-state index in [0.717, 1.165) is 0 Å². The first-order valence-corrected chi connectivity index (χ1v) is 7.02. The van der Waals surface area contributed by atoms with Gasteiger partial charge in [-0.1, -0.05) is 34.1 Å². The number of carbonyl (C=O) groups excluding carboxylic acids is 1. The molecular formula is C14H9Br2FO2. The Morgan fingerprint density at radius 1 is 1.11 bits per heavy atom. The van der Waals surface area contributed by atoms with Crippen LogP contribution in [0.5, 0.6) is 5.75 Å². The first kappa shape index (κ1) is 14.2. The Labute approximate surface area is 126 Å². The zero-order valence-corrected chi connectivity index (χ0v) is 12.9. The molecule has 2 rings (SSSR count). The molecule has 0 fully saturated rings. The zero-order chi connectivity index (χ0) is 13.8. The standard InChI is InChI=1S/C14H9Br2FO2/c15-11-4-2-1-3-10(11)14(18)8-19-9-5-6-12(16)13(17)7-9/h1-7H,8H2. The fourth-order valence-corrected chi connectivity index (χ4v) is 2.23. The van der Waals surface area contributed by atoms with E-state index >= 15 is 0 Å². The van der Waals surface area contributed by atoms with Crippen molar-refractivity contribution >= 4 is 37.6 Å². The summed E-state index contributed by atoms with van der Waals surface area (Å²) >= 11 is 6.35. The second-order valence-corrected chi connectivity index (χ2v) is 5.48. The van der Waals surface area contributed by atoms with Gasteiger partial charge < -0.3 is 4.74 Å². The third-order valence-electron chi connectivity index (χ3n) is 2.44. The number of hydrogen-bond acceptors (Lipinski definition) is 2. The lowest BCUT2D eigenvalue weighted by Crippen LogP contribution is -2.12. The van der Waals surface area contributed by atoms with Crippen LogP contribution in [0.4, 0.5) is 4.39 Å². The molecule has 19 heavy (non-hydrogen) atoms. The minimum absolute atomic E-state index is 0.135. The highest BCUT2D eigenvalue weighted by atomic mass is 79.9. The van der Waals surface area contributed by atoms with Gasteiger partial charge in [0.2, 0.25) is 5.78 Å². The molecule has 0 bridgehead atoms. The lowest BCUT2D eigenvalue weighted by molar-refractivity contribution is 0.0920. The molecule has 0 aliphatic heterocycles. The third kappa shape index (κ3) is 3.64. The van der Waals surface area contributed by atoms with Crippen molar-refractivity contribution in [2.75, 3.05) is 6.61 Å². The molecule has 0 unspecified atom stereocenters. The van der Waals surface area contributed by atoms with Gasteiger partial charge in [-0.3, -0.25) is 4.79 Å². The molecule has 5 heteroatoms. The lowest BCUT2D eigenvalue weighted by Gasteiger charge is -2.07. The highest BCUT2D eigenvalue weighted by Crippen LogP contribution is 2.21. The van der Waals surface area contributed by atoms with Crippen molar-refractivity contribution in [2.45, 2.75) is 0 Å². The second-order valence-electron chi connectivity index (χ2n) is 3.77. The fraction of sp³-hybridized carbons (Fsp3) is 0.0714. The average Bonchev–Trinajstić information content (AvgIpc) is 2.40. The summed E-state index contributed by atoms with van der Waals surface area (Å²) in [7, 11) is 0. The van der Waals surface area contributed by atoms with Crippen molar-refractivity contribution in [3.8, 4) is 5.75 Å². The van der Waals surface area contributed by atoms with Crippen LogP contribution in [-0.2, 0) is 0 Å². The molecule has 2 aromatic rings. The van der Waals surface area contributed by atoms with E-state index in [1.165, 1.54) is 12.1 Å². The van der Waals surface area contributed by atoms with Crippen molar-refractivity contribution < 1.29 is 13.9 Å². The summed E-state index contributed by atoms with van der Waals surface area (Å²) in [4.78, 5) is 11.9. The Balaban J connectivity index is 2.04. The number of ketones is 1. The van der Waals surface area contributed by atoms with Crippen LogP contribution in [-0.4, -0.2) is 12.4 Å². The monoisotopic (exact) mass is 386 g/mol. The highest BCUT2D eigenvalue weighted by molar-refractivity contribution is 9.10. The number of benzene rings is 2. The van der Waals surface area contributed by atoms with E-state index in [1.54, 1.807) is 24.3 Å². The van der Waals surface area contributed by atoms with Crippen LogP contribution in [0.15, 0.2) is 51.4 Å². The highest BCUT2D eigenvalue weighted by Gasteiger charge is 2.10. The maximum absolute atomic E-state index is 13.3. The fourth-order valence-electron chi connectivity index (χ4n) is 1.48. The van der Waals surface area contributed by atoms with Gasteiger partial charge in [0.05, 0.1) is 4.47 Å². The van der Waals surface area contributed by atoms with E-state index in [9.17, 15) is 9.18 Å². The van der Waals surface area contributed by atoms with Gasteiger partial charge in [-0.25, -0.2) is 4.39 Å². The topological polar surface area (TPSA) is 26.3 Å². The van der Waals surface area contributed by atoms with Crippen LogP contribution < -0.4 is 4.74 Å². The van der Waals surface area contributed by atoms with Crippen molar-refractivity contribution in [1.82, 2.24) is 0 Å². The molecule has 98 valence electrons. The molecule has 0 heterocycles. The molecule has 0 aliphatic rings. The molecule has 0 aromatic heterocycles. The van der Waals surface area contributed by atoms with Gasteiger partial charge in [0.25, 0.3) is 0 Å². The number of halogens is 3. The third-order valence-corrected chi connectivity index (χ3v) is 3.77. The number of carbonyl (C=O) groups is 1. The molecule has 0 amide bonds. The number of ether oxygens (including phenoxy) is 1. The molecule has 0 saturated carbocycles. The first-order valence-electron chi connectivity index (χ1n) is 5.43. The maximum Gasteiger partial charge on any atom is 0.201 e. The van der Waals surface area contributed by atoms with Gasteiger partial charge >= 0.3 is 0 Å². The molecule has 2 aromatic carbocycles. The molecule has 0 spiro atoms. The molecule has 0 aliphatic carbocycles. The SMILES string of the molecule is O=C(COc1ccc(Br)c(F)c1)c1ccccc1Br. The molecular weight excluding hydrogens is 379 g/mol. The van der Waals surface area contributed by atoms with E-state index in [1.807, 2.05) is 6.07 Å². The Hall–Kier alpha value is -1.20. The van der Waals surface area contributed by atoms with Gasteiger partial charge in [-0.15, -0.1) is 0 Å². The summed E-state index contributed by atoms with van der Waals surface area (Å²) in [6, 6.07) is 11.5. The van der Waals surface area contributed by atoms with Gasteiger partial charge in [0.1, 0.15) is 11.6 Å². The molecule has 2 nitrogen and oxygen atoms in total. The van der Waals surface area contributed by atoms with Crippen molar-refractivity contribution in [2.24, 2.45) is 0 Å². The normalized spacial score (nSPS) is 10.3. The van der Waals surface area contributed by atoms with E-state index in [0.29, 0.717) is 20.3 Å². The minimum atomic E-state index is -0.425. The van der Waals surface area contributed by atoms with E-state index < -0.39 is 5.82 Å². The largest absolute Gasteiger partial charge is 0.485 e. The summed E-state index contributed by atoms with van der Waals surface area (Å²) in [6.07, 6.45) is 0. The molecule has 0 radical (unpaired) electrons. The van der Waals surface area contributed by atoms with Gasteiger partial charge in [-0.2, -0.15) is 0 Å². The van der Waals surface area contributed by atoms with Crippen LogP contribution >= 0.6 is 31.9 Å². The second kappa shape index (κ2) is 6.30. The lowest BCUT2D eigenvalue weighted by atomic mass is 10.1. The Bertz CT molecular complexity index is 614. The van der Waals surface area contributed by atoms with E-state index in [4.69, 9.17) is 4.74 Å². The van der Waals surface area contributed by atoms with Gasteiger partial charge in [0.15, 0.2) is 6.61 Å². The van der Waals surface area contributed by atoms with Crippen LogP contribution in [0.2, 0.25) is 0 Å².